The highest BCUT2D eigenvalue weighted by Gasteiger charge is 2.06. The second-order valence-corrected chi connectivity index (χ2v) is 4.43. The van der Waals surface area contributed by atoms with Crippen molar-refractivity contribution in [3.63, 3.8) is 0 Å². The summed E-state index contributed by atoms with van der Waals surface area (Å²) in [6.45, 7) is 8.05. The molecule has 0 saturated carbocycles. The van der Waals surface area contributed by atoms with E-state index in [0.29, 0.717) is 35.7 Å². The van der Waals surface area contributed by atoms with E-state index in [1.807, 2.05) is 13.8 Å². The first-order valence-corrected chi connectivity index (χ1v) is 7.12. The van der Waals surface area contributed by atoms with E-state index in [-0.39, 0.29) is 12.4 Å². The molecule has 0 aromatic heterocycles. The monoisotopic (exact) mass is 301 g/mol. The number of benzene rings is 1. The van der Waals surface area contributed by atoms with Crippen molar-refractivity contribution in [3.05, 3.63) is 65.7 Å². The van der Waals surface area contributed by atoms with E-state index in [1.54, 1.807) is 30.4 Å². The minimum atomic E-state index is -0.327. The first-order chi connectivity index (χ1) is 10.6. The highest BCUT2D eigenvalue weighted by molar-refractivity contribution is 5.38. The fourth-order valence-corrected chi connectivity index (χ4v) is 1.71. The molecule has 0 radical (unpaired) electrons. The highest BCUT2D eigenvalue weighted by Crippen LogP contribution is 2.21. The number of nitriles is 1. The molecule has 0 heterocycles. The van der Waals surface area contributed by atoms with Gasteiger partial charge in [0.2, 0.25) is 0 Å². The van der Waals surface area contributed by atoms with Crippen LogP contribution in [-0.2, 0) is 11.3 Å². The molecule has 116 valence electrons. The van der Waals surface area contributed by atoms with E-state index in [0.717, 1.165) is 0 Å². The molecule has 0 aliphatic rings. The summed E-state index contributed by atoms with van der Waals surface area (Å²) in [6, 6.07) is 6.57. The Morgan fingerprint density at radius 3 is 2.77 bits per heavy atom. The van der Waals surface area contributed by atoms with Crippen LogP contribution in [0.2, 0.25) is 0 Å². The van der Waals surface area contributed by atoms with Crippen molar-refractivity contribution in [2.45, 2.75) is 26.9 Å². The molecular formula is C18H20FNO2. The van der Waals surface area contributed by atoms with Gasteiger partial charge in [-0.3, -0.25) is 0 Å². The normalized spacial score (nSPS) is 11.9. The largest absolute Gasteiger partial charge is 0.462 e. The van der Waals surface area contributed by atoms with Gasteiger partial charge in [0.1, 0.15) is 17.3 Å². The predicted molar refractivity (Wildman–Crippen MR) is 84.6 cm³/mol. The Balaban J connectivity index is 2.96. The van der Waals surface area contributed by atoms with Gasteiger partial charge in [0.05, 0.1) is 18.2 Å². The van der Waals surface area contributed by atoms with Crippen LogP contribution in [0.4, 0.5) is 4.39 Å². The van der Waals surface area contributed by atoms with Crippen molar-refractivity contribution in [1.82, 2.24) is 0 Å². The maximum absolute atomic E-state index is 13.7. The summed E-state index contributed by atoms with van der Waals surface area (Å²) in [5.74, 6) is 0.802. The standard InChI is InChI=1S/C18H20FNO2/c1-4-7-14(12-20)10-16(5-2)22-17-8-9-18(19)15(11-17)13-21-6-3/h4,7-11H,1,5-6,13H2,2-3H3/b14-7+,16-10+. The van der Waals surface area contributed by atoms with Gasteiger partial charge in [0, 0.05) is 18.6 Å². The molecule has 0 bridgehead atoms. The van der Waals surface area contributed by atoms with Gasteiger partial charge in [-0.05, 0) is 37.3 Å². The Hall–Kier alpha value is -2.38. The Kier molecular flexibility index (Phi) is 7.66. The van der Waals surface area contributed by atoms with Crippen molar-refractivity contribution in [2.75, 3.05) is 6.61 Å². The predicted octanol–water partition coefficient (Wildman–Crippen LogP) is 4.67. The molecule has 3 nitrogen and oxygen atoms in total. The molecule has 0 atom stereocenters. The first kappa shape index (κ1) is 17.7. The van der Waals surface area contributed by atoms with Gasteiger partial charge in [-0.1, -0.05) is 19.6 Å². The molecule has 0 aliphatic carbocycles. The van der Waals surface area contributed by atoms with Crippen LogP contribution in [0, 0.1) is 17.1 Å². The lowest BCUT2D eigenvalue weighted by Gasteiger charge is -2.10. The quantitative estimate of drug-likeness (QED) is 0.398. The molecule has 1 aromatic rings. The van der Waals surface area contributed by atoms with Crippen LogP contribution >= 0.6 is 0 Å². The van der Waals surface area contributed by atoms with Gasteiger partial charge in [0.15, 0.2) is 0 Å². The molecule has 0 N–H and O–H groups in total. The second-order valence-electron chi connectivity index (χ2n) is 4.43. The number of ether oxygens (including phenoxy) is 2. The molecular weight excluding hydrogens is 281 g/mol. The summed E-state index contributed by atoms with van der Waals surface area (Å²) < 4.78 is 24.6. The topological polar surface area (TPSA) is 42.2 Å². The number of nitrogens with zero attached hydrogens (tertiary/aromatic N) is 1. The van der Waals surface area contributed by atoms with E-state index in [2.05, 4.69) is 12.6 Å². The zero-order valence-corrected chi connectivity index (χ0v) is 12.9. The van der Waals surface area contributed by atoms with E-state index < -0.39 is 0 Å². The van der Waals surface area contributed by atoms with Crippen LogP contribution in [0.25, 0.3) is 0 Å². The number of halogens is 1. The lowest BCUT2D eigenvalue weighted by molar-refractivity contribution is 0.131. The third-order valence-corrected chi connectivity index (χ3v) is 2.82. The molecule has 22 heavy (non-hydrogen) atoms. The van der Waals surface area contributed by atoms with Gasteiger partial charge in [-0.2, -0.15) is 5.26 Å². The van der Waals surface area contributed by atoms with Crippen LogP contribution in [0.5, 0.6) is 5.75 Å². The summed E-state index contributed by atoms with van der Waals surface area (Å²) >= 11 is 0. The van der Waals surface area contributed by atoms with Gasteiger partial charge in [-0.25, -0.2) is 4.39 Å². The fourth-order valence-electron chi connectivity index (χ4n) is 1.71. The maximum atomic E-state index is 13.7. The minimum Gasteiger partial charge on any atom is -0.462 e. The summed E-state index contributed by atoms with van der Waals surface area (Å²) in [4.78, 5) is 0. The summed E-state index contributed by atoms with van der Waals surface area (Å²) in [7, 11) is 0. The zero-order valence-electron chi connectivity index (χ0n) is 12.9. The van der Waals surface area contributed by atoms with Crippen LogP contribution in [-0.4, -0.2) is 6.61 Å². The lowest BCUT2D eigenvalue weighted by atomic mass is 10.2. The number of rotatable bonds is 8. The third kappa shape index (κ3) is 5.55. The first-order valence-electron chi connectivity index (χ1n) is 7.12. The number of allylic oxidation sites excluding steroid dienone is 5. The van der Waals surface area contributed by atoms with Crippen molar-refractivity contribution in [2.24, 2.45) is 0 Å². The van der Waals surface area contributed by atoms with Crippen molar-refractivity contribution in [1.29, 1.82) is 5.26 Å². The molecule has 0 saturated heterocycles. The van der Waals surface area contributed by atoms with E-state index in [4.69, 9.17) is 14.7 Å². The van der Waals surface area contributed by atoms with Gasteiger partial charge >= 0.3 is 0 Å². The Bertz CT molecular complexity index is 612. The molecule has 0 amide bonds. The van der Waals surface area contributed by atoms with Gasteiger partial charge in [0.25, 0.3) is 0 Å². The van der Waals surface area contributed by atoms with Crippen LogP contribution in [0.3, 0.4) is 0 Å². The van der Waals surface area contributed by atoms with E-state index in [1.165, 1.54) is 6.07 Å². The summed E-state index contributed by atoms with van der Waals surface area (Å²) in [6.07, 6.45) is 5.40. The lowest BCUT2D eigenvalue weighted by Crippen LogP contribution is -1.99. The maximum Gasteiger partial charge on any atom is 0.128 e. The zero-order chi connectivity index (χ0) is 16.4. The summed E-state index contributed by atoms with van der Waals surface area (Å²) in [5, 5.41) is 9.01. The van der Waals surface area contributed by atoms with Crippen molar-refractivity contribution < 1.29 is 13.9 Å². The van der Waals surface area contributed by atoms with E-state index >= 15 is 0 Å². The van der Waals surface area contributed by atoms with Gasteiger partial charge < -0.3 is 9.47 Å². The van der Waals surface area contributed by atoms with Crippen molar-refractivity contribution >= 4 is 0 Å². The minimum absolute atomic E-state index is 0.199. The van der Waals surface area contributed by atoms with Crippen LogP contribution in [0.1, 0.15) is 25.8 Å². The van der Waals surface area contributed by atoms with Crippen LogP contribution in [0.15, 0.2) is 54.3 Å². The smallest absolute Gasteiger partial charge is 0.128 e. The molecule has 0 spiro atoms. The third-order valence-electron chi connectivity index (χ3n) is 2.82. The SMILES string of the molecule is C=C/C=C(C#N)\C=C(/CC)Oc1ccc(F)c(COCC)c1. The average molecular weight is 301 g/mol. The molecule has 0 aliphatic heterocycles. The fraction of sp³-hybridized carbons (Fsp3) is 0.278. The second kappa shape index (κ2) is 9.54. The molecule has 1 aromatic carbocycles. The average Bonchev–Trinajstić information content (AvgIpc) is 2.53. The number of hydrogen-bond donors (Lipinski definition) is 0. The number of hydrogen-bond acceptors (Lipinski definition) is 3. The highest BCUT2D eigenvalue weighted by atomic mass is 19.1. The van der Waals surface area contributed by atoms with Gasteiger partial charge in [-0.15, -0.1) is 0 Å². The molecule has 0 fully saturated rings. The molecule has 4 heteroatoms. The Morgan fingerprint density at radius 1 is 1.41 bits per heavy atom. The summed E-state index contributed by atoms with van der Waals surface area (Å²) in [5.41, 5.74) is 0.889. The Labute approximate surface area is 131 Å². The molecule has 0 unspecified atom stereocenters. The van der Waals surface area contributed by atoms with Crippen molar-refractivity contribution in [3.8, 4) is 11.8 Å². The van der Waals surface area contributed by atoms with E-state index in [9.17, 15) is 4.39 Å². The molecule has 1 rings (SSSR count). The van der Waals surface area contributed by atoms with Crippen LogP contribution < -0.4 is 4.74 Å². The Morgan fingerprint density at radius 2 is 2.18 bits per heavy atom.